The third-order valence-corrected chi connectivity index (χ3v) is 4.58. The van der Waals surface area contributed by atoms with E-state index in [1.807, 2.05) is 0 Å². The Labute approximate surface area is 127 Å². The van der Waals surface area contributed by atoms with E-state index >= 15 is 0 Å². The zero-order valence-electron chi connectivity index (χ0n) is 12.1. The number of ether oxygens (including phenoxy) is 2. The molecule has 1 heterocycles. The minimum absolute atomic E-state index is 0.0576. The molecule has 21 heavy (non-hydrogen) atoms. The van der Waals surface area contributed by atoms with Gasteiger partial charge in [-0.25, -0.2) is 0 Å². The molecule has 0 aliphatic heterocycles. The Morgan fingerprint density at radius 1 is 1.57 bits per heavy atom. The van der Waals surface area contributed by atoms with Crippen molar-refractivity contribution in [2.75, 3.05) is 38.4 Å². The van der Waals surface area contributed by atoms with Crippen molar-refractivity contribution in [1.29, 1.82) is 5.26 Å². The third-order valence-electron chi connectivity index (χ3n) is 3.41. The van der Waals surface area contributed by atoms with Crippen LogP contribution in [0.3, 0.4) is 0 Å². The highest BCUT2D eigenvalue weighted by Crippen LogP contribution is 2.41. The van der Waals surface area contributed by atoms with Gasteiger partial charge in [0, 0.05) is 26.7 Å². The van der Waals surface area contributed by atoms with Crippen LogP contribution in [-0.4, -0.2) is 39.3 Å². The van der Waals surface area contributed by atoms with Crippen molar-refractivity contribution in [2.45, 2.75) is 18.9 Å². The highest BCUT2D eigenvalue weighted by Gasteiger charge is 2.34. The monoisotopic (exact) mass is 309 g/mol. The van der Waals surface area contributed by atoms with Crippen LogP contribution in [0.4, 0.5) is 10.7 Å². The molecule has 0 saturated heterocycles. The number of nitrogens with two attached hydrogens (primary N) is 1. The highest BCUT2D eigenvalue weighted by atomic mass is 32.1. The van der Waals surface area contributed by atoms with Gasteiger partial charge in [-0.2, -0.15) is 5.26 Å². The Kier molecular flexibility index (Phi) is 5.17. The molecule has 1 saturated carbocycles. The molecule has 3 N–H and O–H groups in total. The van der Waals surface area contributed by atoms with Crippen molar-refractivity contribution in [1.82, 2.24) is 0 Å². The van der Waals surface area contributed by atoms with Crippen molar-refractivity contribution in [3.63, 3.8) is 0 Å². The molecule has 1 fully saturated rings. The van der Waals surface area contributed by atoms with Crippen molar-refractivity contribution < 1.29 is 14.3 Å². The first-order valence-electron chi connectivity index (χ1n) is 6.74. The van der Waals surface area contributed by atoms with Crippen LogP contribution in [0.1, 0.15) is 28.1 Å². The summed E-state index contributed by atoms with van der Waals surface area (Å²) >= 11 is 1.25. The number of carbonyl (C=O) groups is 1. The number of Topliss-reactive ketones (excluding diaryl/α,β-unsaturated/α-hetero) is 1. The average Bonchev–Trinajstić information content (AvgIpc) is 3.27. The summed E-state index contributed by atoms with van der Waals surface area (Å²) < 4.78 is 10.3. The molecule has 0 spiro atoms. The van der Waals surface area contributed by atoms with Gasteiger partial charge in [-0.15, -0.1) is 11.3 Å². The number of ketones is 1. The van der Waals surface area contributed by atoms with Crippen LogP contribution in [0.5, 0.6) is 0 Å². The number of methoxy groups -OCH3 is 2. The maximum atomic E-state index is 12.2. The quantitative estimate of drug-likeness (QED) is 0.711. The van der Waals surface area contributed by atoms with Gasteiger partial charge >= 0.3 is 0 Å². The lowest BCUT2D eigenvalue weighted by atomic mass is 10.1. The van der Waals surface area contributed by atoms with E-state index in [0.29, 0.717) is 34.3 Å². The zero-order valence-corrected chi connectivity index (χ0v) is 13.0. The lowest BCUT2D eigenvalue weighted by molar-refractivity contribution is 0.0366. The largest absolute Gasteiger partial charge is 0.396 e. The Bertz CT molecular complexity index is 561. The normalized spacial score (nSPS) is 15.5. The van der Waals surface area contributed by atoms with Gasteiger partial charge < -0.3 is 20.5 Å². The summed E-state index contributed by atoms with van der Waals surface area (Å²) in [5.41, 5.74) is 6.59. The number of carbonyl (C=O) groups excluding carboxylic acids is 1. The van der Waals surface area contributed by atoms with Crippen molar-refractivity contribution in [3.05, 3.63) is 10.4 Å². The molecule has 1 aromatic heterocycles. The maximum absolute atomic E-state index is 12.2. The van der Waals surface area contributed by atoms with E-state index in [1.54, 1.807) is 14.2 Å². The fraction of sp³-hybridized carbons (Fsp3) is 0.571. The van der Waals surface area contributed by atoms with E-state index in [-0.39, 0.29) is 17.8 Å². The van der Waals surface area contributed by atoms with Gasteiger partial charge in [0.1, 0.15) is 16.6 Å². The van der Waals surface area contributed by atoms with E-state index < -0.39 is 0 Å². The first kappa shape index (κ1) is 15.8. The lowest BCUT2D eigenvalue weighted by Crippen LogP contribution is -2.26. The van der Waals surface area contributed by atoms with Crippen molar-refractivity contribution >= 4 is 27.8 Å². The second-order valence-electron chi connectivity index (χ2n) is 4.99. The van der Waals surface area contributed by atoms with E-state index in [1.165, 1.54) is 11.3 Å². The molecule has 114 valence electrons. The van der Waals surface area contributed by atoms with Crippen molar-refractivity contribution in [3.8, 4) is 6.07 Å². The van der Waals surface area contributed by atoms with Crippen LogP contribution >= 0.6 is 11.3 Å². The molecule has 0 bridgehead atoms. The number of hydrogen-bond donors (Lipinski definition) is 2. The lowest BCUT2D eigenvalue weighted by Gasteiger charge is -2.15. The Hall–Kier alpha value is -1.62. The van der Waals surface area contributed by atoms with Gasteiger partial charge in [-0.1, -0.05) is 0 Å². The van der Waals surface area contributed by atoms with E-state index in [4.69, 9.17) is 15.2 Å². The summed E-state index contributed by atoms with van der Waals surface area (Å²) in [6.45, 7) is 0.927. The standard InChI is InChI=1S/C14H19N3O3S/c1-19-7-9(20-2)6-17-14-10(5-15)11(16)13(21-14)12(18)8-3-4-8/h8-9,17H,3-4,6-7,16H2,1-2H3. The molecule has 1 aliphatic carbocycles. The van der Waals surface area contributed by atoms with Crippen LogP contribution in [0.25, 0.3) is 0 Å². The molecule has 1 aromatic rings. The minimum atomic E-state index is -0.132. The molecule has 1 atom stereocenters. The molecule has 6 nitrogen and oxygen atoms in total. The van der Waals surface area contributed by atoms with Crippen LogP contribution in [0.2, 0.25) is 0 Å². The van der Waals surface area contributed by atoms with Gasteiger partial charge in [-0.05, 0) is 12.8 Å². The summed E-state index contributed by atoms with van der Waals surface area (Å²) in [5.74, 6) is 0.146. The first-order chi connectivity index (χ1) is 10.1. The first-order valence-corrected chi connectivity index (χ1v) is 7.56. The van der Waals surface area contributed by atoms with Crippen LogP contribution < -0.4 is 11.1 Å². The molecule has 0 amide bonds. The summed E-state index contributed by atoms with van der Waals surface area (Å²) in [4.78, 5) is 12.7. The number of rotatable bonds is 8. The third kappa shape index (κ3) is 3.53. The zero-order chi connectivity index (χ0) is 15.4. The Morgan fingerprint density at radius 3 is 2.81 bits per heavy atom. The van der Waals surface area contributed by atoms with Gasteiger partial charge in [0.05, 0.1) is 23.3 Å². The van der Waals surface area contributed by atoms with Crippen LogP contribution in [-0.2, 0) is 9.47 Å². The predicted molar refractivity (Wildman–Crippen MR) is 81.7 cm³/mol. The van der Waals surface area contributed by atoms with Crippen LogP contribution in [0, 0.1) is 17.2 Å². The van der Waals surface area contributed by atoms with Crippen LogP contribution in [0.15, 0.2) is 0 Å². The molecule has 2 rings (SSSR count). The Balaban J connectivity index is 2.13. The fourth-order valence-electron chi connectivity index (χ4n) is 2.00. The minimum Gasteiger partial charge on any atom is -0.396 e. The summed E-state index contributed by atoms with van der Waals surface area (Å²) in [6, 6.07) is 2.07. The van der Waals surface area contributed by atoms with Gasteiger partial charge in [-0.3, -0.25) is 4.79 Å². The topological polar surface area (TPSA) is 97.4 Å². The predicted octanol–water partition coefficient (Wildman–Crippen LogP) is 1.87. The molecular weight excluding hydrogens is 290 g/mol. The highest BCUT2D eigenvalue weighted by molar-refractivity contribution is 7.19. The number of nitrogen functional groups attached to an aromatic ring is 1. The summed E-state index contributed by atoms with van der Waals surface area (Å²) in [7, 11) is 3.20. The second kappa shape index (κ2) is 6.89. The fourth-order valence-corrected chi connectivity index (χ4v) is 3.09. The molecule has 0 aromatic carbocycles. The number of nitrogens with zero attached hydrogens (tertiary/aromatic N) is 1. The number of nitriles is 1. The van der Waals surface area contributed by atoms with E-state index in [0.717, 1.165) is 12.8 Å². The number of thiophene rings is 1. The molecular formula is C14H19N3O3S. The molecule has 1 aliphatic rings. The van der Waals surface area contributed by atoms with Gasteiger partial charge in [0.25, 0.3) is 0 Å². The smallest absolute Gasteiger partial charge is 0.178 e. The molecule has 7 heteroatoms. The number of hydrogen-bond acceptors (Lipinski definition) is 7. The molecule has 0 radical (unpaired) electrons. The SMILES string of the molecule is COCC(CNc1sc(C(=O)C2CC2)c(N)c1C#N)OC. The van der Waals surface area contributed by atoms with Gasteiger partial charge in [0.2, 0.25) is 0 Å². The number of anilines is 2. The van der Waals surface area contributed by atoms with E-state index in [9.17, 15) is 10.1 Å². The van der Waals surface area contributed by atoms with Crippen molar-refractivity contribution in [2.24, 2.45) is 5.92 Å². The second-order valence-corrected chi connectivity index (χ2v) is 6.01. The average molecular weight is 309 g/mol. The van der Waals surface area contributed by atoms with E-state index in [2.05, 4.69) is 11.4 Å². The maximum Gasteiger partial charge on any atom is 0.178 e. The van der Waals surface area contributed by atoms with Gasteiger partial charge in [0.15, 0.2) is 5.78 Å². The number of nitrogens with one attached hydrogen (secondary N) is 1. The molecule has 1 unspecified atom stereocenters. The Morgan fingerprint density at radius 2 is 2.29 bits per heavy atom. The summed E-state index contributed by atoms with van der Waals surface area (Å²) in [6.07, 6.45) is 1.70. The summed E-state index contributed by atoms with van der Waals surface area (Å²) in [5, 5.41) is 13.0.